The van der Waals surface area contributed by atoms with Gasteiger partial charge >= 0.3 is 0 Å². The zero-order valence-electron chi connectivity index (χ0n) is 28.1. The predicted octanol–water partition coefficient (Wildman–Crippen LogP) is 12.4. The molecule has 8 aromatic rings. The largest absolute Gasteiger partial charge is 0.259 e. The topological polar surface area (TPSA) is 25.8 Å². The molecule has 0 unspecified atom stereocenters. The quantitative estimate of drug-likeness (QED) is 0.167. The summed E-state index contributed by atoms with van der Waals surface area (Å²) in [4.78, 5) is 10.7. The van der Waals surface area contributed by atoms with Crippen LogP contribution in [0.1, 0.15) is 44.8 Å². The summed E-state index contributed by atoms with van der Waals surface area (Å²) in [6.45, 7) is 0. The molecular weight excluding hydrogens is 764 g/mol. The summed E-state index contributed by atoms with van der Waals surface area (Å²) in [7, 11) is 0. The summed E-state index contributed by atoms with van der Waals surface area (Å²) in [6.07, 6.45) is 4.05. The highest BCUT2D eigenvalue weighted by molar-refractivity contribution is 9.10. The maximum absolute atomic E-state index is 5.36. The Kier molecular flexibility index (Phi) is 8.30. The van der Waals surface area contributed by atoms with E-state index in [1.807, 2.05) is 24.5 Å². The zero-order chi connectivity index (χ0) is 35.1. The van der Waals surface area contributed by atoms with Gasteiger partial charge in [-0.1, -0.05) is 177 Å². The van der Waals surface area contributed by atoms with Crippen LogP contribution in [0.25, 0.3) is 22.3 Å². The molecule has 4 heteroatoms. The van der Waals surface area contributed by atoms with E-state index in [9.17, 15) is 0 Å². The smallest absolute Gasteiger partial charge is 0.0880 e. The molecule has 1 aliphatic carbocycles. The molecule has 1 aliphatic rings. The summed E-state index contributed by atoms with van der Waals surface area (Å²) >= 11 is 7.44. The summed E-state index contributed by atoms with van der Waals surface area (Å²) in [6, 6.07) is 65.1. The van der Waals surface area contributed by atoms with Crippen molar-refractivity contribution in [1.29, 1.82) is 0 Å². The van der Waals surface area contributed by atoms with Crippen LogP contribution in [0.5, 0.6) is 0 Å². The molecule has 0 saturated carbocycles. The third-order valence-electron chi connectivity index (χ3n) is 10.5. The van der Waals surface area contributed by atoms with E-state index < -0.39 is 10.8 Å². The molecular formula is C48H32Br2N2. The van der Waals surface area contributed by atoms with E-state index in [0.29, 0.717) is 0 Å². The fourth-order valence-electron chi connectivity index (χ4n) is 8.27. The Balaban J connectivity index is 1.38. The first-order valence-electron chi connectivity index (χ1n) is 17.4. The summed E-state index contributed by atoms with van der Waals surface area (Å²) in [5.74, 6) is 0. The van der Waals surface area contributed by atoms with E-state index >= 15 is 0 Å². The lowest BCUT2D eigenvalue weighted by atomic mass is 9.52. The molecule has 0 amide bonds. The lowest BCUT2D eigenvalue weighted by molar-refractivity contribution is 0.594. The van der Waals surface area contributed by atoms with Gasteiger partial charge in [0.15, 0.2) is 0 Å². The maximum Gasteiger partial charge on any atom is 0.0880 e. The molecule has 2 nitrogen and oxygen atoms in total. The fourth-order valence-corrected chi connectivity index (χ4v) is 8.80. The molecule has 0 radical (unpaired) electrons. The minimum absolute atomic E-state index is 0.730. The van der Waals surface area contributed by atoms with Crippen LogP contribution >= 0.6 is 31.9 Å². The van der Waals surface area contributed by atoms with E-state index in [4.69, 9.17) is 9.97 Å². The Morgan fingerprint density at radius 3 is 0.942 bits per heavy atom. The normalized spacial score (nSPS) is 17.6. The van der Waals surface area contributed by atoms with E-state index in [-0.39, 0.29) is 0 Å². The van der Waals surface area contributed by atoms with Crippen LogP contribution in [-0.4, -0.2) is 9.97 Å². The lowest BCUT2D eigenvalue weighted by Gasteiger charge is -2.49. The van der Waals surface area contributed by atoms with Crippen molar-refractivity contribution in [2.75, 3.05) is 0 Å². The summed E-state index contributed by atoms with van der Waals surface area (Å²) in [5.41, 5.74) is 11.9. The Morgan fingerprint density at radius 2 is 0.635 bits per heavy atom. The predicted molar refractivity (Wildman–Crippen MR) is 218 cm³/mol. The van der Waals surface area contributed by atoms with Gasteiger partial charge < -0.3 is 0 Å². The van der Waals surface area contributed by atoms with Crippen LogP contribution in [0.4, 0.5) is 0 Å². The Bertz CT molecular complexity index is 2270. The molecule has 0 bridgehead atoms. The Hall–Kier alpha value is -5.42. The van der Waals surface area contributed by atoms with Crippen molar-refractivity contribution in [3.8, 4) is 22.3 Å². The maximum atomic E-state index is 5.36. The van der Waals surface area contributed by atoms with Gasteiger partial charge in [0.05, 0.1) is 22.2 Å². The molecule has 0 N–H and O–H groups in total. The minimum atomic E-state index is -0.730. The molecule has 2 aromatic heterocycles. The second-order valence-electron chi connectivity index (χ2n) is 13.2. The second kappa shape index (κ2) is 13.3. The van der Waals surface area contributed by atoms with Crippen molar-refractivity contribution in [2.24, 2.45) is 0 Å². The number of benzene rings is 6. The zero-order valence-corrected chi connectivity index (χ0v) is 31.3. The van der Waals surface area contributed by atoms with Gasteiger partial charge in [0.25, 0.3) is 0 Å². The van der Waals surface area contributed by atoms with Gasteiger partial charge in [-0.25, -0.2) is 0 Å². The van der Waals surface area contributed by atoms with Gasteiger partial charge in [0, 0.05) is 32.5 Å². The van der Waals surface area contributed by atoms with Crippen molar-refractivity contribution in [3.05, 3.63) is 248 Å². The van der Waals surface area contributed by atoms with Crippen LogP contribution < -0.4 is 0 Å². The van der Waals surface area contributed by atoms with E-state index in [0.717, 1.165) is 53.7 Å². The number of nitrogens with zero attached hydrogens (tertiary/aromatic N) is 2. The highest BCUT2D eigenvalue weighted by atomic mass is 79.9. The highest BCUT2D eigenvalue weighted by Gasteiger charge is 2.54. The third kappa shape index (κ3) is 5.12. The number of hydrogen-bond acceptors (Lipinski definition) is 2. The average Bonchev–Trinajstić information content (AvgIpc) is 3.22. The Labute approximate surface area is 321 Å². The van der Waals surface area contributed by atoms with Crippen molar-refractivity contribution >= 4 is 31.9 Å². The van der Waals surface area contributed by atoms with Crippen LogP contribution in [-0.2, 0) is 10.8 Å². The number of fused-ring (bicyclic) bond motifs is 2. The van der Waals surface area contributed by atoms with Gasteiger partial charge in [-0.3, -0.25) is 9.97 Å². The second-order valence-corrected chi connectivity index (χ2v) is 15.0. The molecule has 52 heavy (non-hydrogen) atoms. The number of rotatable bonds is 6. The molecule has 0 atom stereocenters. The number of halogens is 2. The molecule has 0 spiro atoms. The fraction of sp³-hybridized carbons (Fsp3) is 0.0417. The third-order valence-corrected chi connectivity index (χ3v) is 11.6. The van der Waals surface area contributed by atoms with E-state index in [2.05, 4.69) is 202 Å². The number of aromatic nitrogens is 2. The van der Waals surface area contributed by atoms with Gasteiger partial charge in [-0.05, 0) is 80.9 Å². The average molecular weight is 797 g/mol. The van der Waals surface area contributed by atoms with Crippen LogP contribution in [0.2, 0.25) is 0 Å². The van der Waals surface area contributed by atoms with Crippen LogP contribution in [0.3, 0.4) is 0 Å². The molecule has 6 aromatic carbocycles. The molecule has 0 aliphatic heterocycles. The molecule has 9 rings (SSSR count). The molecule has 0 saturated heterocycles. The molecule has 248 valence electrons. The van der Waals surface area contributed by atoms with E-state index in [1.54, 1.807) is 0 Å². The standard InChI is InChI=1S/C48H32Br2N2/c49-39-25-21-37(22-26-39)47(45-29-19-35(31-51-45)33-11-3-1-4-12-33)41-15-7-9-17-43(41)48(38-23-27-40(50)28-24-38,44-18-10-8-16-42(44)47)46-30-20-36(32-52-46)34-13-5-2-6-14-34/h1-32H. The SMILES string of the molecule is Brc1ccc(C2(c3ccc(-c4ccccc4)cn3)c3ccccc3C(c3ccc(Br)cc3)(c3ccc(-c4ccccc4)cn3)c3ccccc32)cc1. The highest BCUT2D eigenvalue weighted by Crippen LogP contribution is 2.59. The van der Waals surface area contributed by atoms with E-state index in [1.165, 1.54) is 22.3 Å². The van der Waals surface area contributed by atoms with Crippen molar-refractivity contribution in [3.63, 3.8) is 0 Å². The summed E-state index contributed by atoms with van der Waals surface area (Å²) in [5, 5.41) is 0. The van der Waals surface area contributed by atoms with Crippen LogP contribution in [0.15, 0.2) is 203 Å². The van der Waals surface area contributed by atoms with Gasteiger partial charge in [-0.15, -0.1) is 0 Å². The lowest BCUT2D eigenvalue weighted by Crippen LogP contribution is -2.46. The van der Waals surface area contributed by atoms with Gasteiger partial charge in [0.2, 0.25) is 0 Å². The monoisotopic (exact) mass is 794 g/mol. The summed E-state index contributed by atoms with van der Waals surface area (Å²) < 4.78 is 2.06. The first-order valence-corrected chi connectivity index (χ1v) is 18.9. The van der Waals surface area contributed by atoms with Crippen LogP contribution in [0, 0.1) is 0 Å². The number of hydrogen-bond donors (Lipinski definition) is 0. The molecule has 0 fully saturated rings. The van der Waals surface area contributed by atoms with Crippen molar-refractivity contribution < 1.29 is 0 Å². The van der Waals surface area contributed by atoms with Gasteiger partial charge in [-0.2, -0.15) is 0 Å². The first-order chi connectivity index (χ1) is 25.6. The first kappa shape index (κ1) is 32.5. The van der Waals surface area contributed by atoms with Crippen molar-refractivity contribution in [1.82, 2.24) is 9.97 Å². The minimum Gasteiger partial charge on any atom is -0.259 e. The van der Waals surface area contributed by atoms with Gasteiger partial charge in [0.1, 0.15) is 0 Å². The number of pyridine rings is 2. The van der Waals surface area contributed by atoms with Crippen molar-refractivity contribution in [2.45, 2.75) is 10.8 Å². The Morgan fingerprint density at radius 1 is 0.308 bits per heavy atom. The molecule has 2 heterocycles.